The molecule has 0 heterocycles. The van der Waals surface area contributed by atoms with Crippen LogP contribution in [0.4, 0.5) is 0 Å². The van der Waals surface area contributed by atoms with E-state index in [2.05, 4.69) is 0 Å². The summed E-state index contributed by atoms with van der Waals surface area (Å²) in [6.07, 6.45) is 0. The predicted octanol–water partition coefficient (Wildman–Crippen LogP) is 3.73. The first-order chi connectivity index (χ1) is 9.06. The van der Waals surface area contributed by atoms with E-state index >= 15 is 0 Å². The fraction of sp³-hybridized carbons (Fsp3) is 0.0714. The summed E-state index contributed by atoms with van der Waals surface area (Å²) in [5.41, 5.74) is 0.208. The molecule has 98 valence electrons. The van der Waals surface area contributed by atoms with Crippen molar-refractivity contribution in [2.45, 2.75) is 4.90 Å². The van der Waals surface area contributed by atoms with Crippen molar-refractivity contribution in [1.29, 1.82) is 0 Å². The minimum atomic E-state index is -0.207. The minimum absolute atomic E-state index is 0.0700. The highest BCUT2D eigenvalue weighted by Crippen LogP contribution is 2.26. The Kier molecular flexibility index (Phi) is 4.35. The van der Waals surface area contributed by atoms with Gasteiger partial charge in [0.2, 0.25) is 0 Å². The van der Waals surface area contributed by atoms with E-state index in [1.165, 1.54) is 23.9 Å². The van der Waals surface area contributed by atoms with Gasteiger partial charge in [0.25, 0.3) is 0 Å². The third-order valence-corrected chi connectivity index (χ3v) is 3.73. The minimum Gasteiger partial charge on any atom is -0.508 e. The van der Waals surface area contributed by atoms with Gasteiger partial charge in [0, 0.05) is 16.0 Å². The van der Waals surface area contributed by atoms with Gasteiger partial charge < -0.3 is 10.2 Å². The maximum Gasteiger partial charge on any atom is 0.176 e. The van der Waals surface area contributed by atoms with Crippen molar-refractivity contribution in [3.63, 3.8) is 0 Å². The molecule has 2 aromatic carbocycles. The summed E-state index contributed by atoms with van der Waals surface area (Å²) in [5.74, 6) is -0.265. The van der Waals surface area contributed by atoms with Gasteiger partial charge in [-0.2, -0.15) is 0 Å². The third-order valence-electron chi connectivity index (χ3n) is 2.47. The summed E-state index contributed by atoms with van der Waals surface area (Å²) in [6.45, 7) is 0. The van der Waals surface area contributed by atoms with Gasteiger partial charge in [-0.05, 0) is 36.4 Å². The Balaban J connectivity index is 2.03. The highest BCUT2D eigenvalue weighted by atomic mass is 35.5. The highest BCUT2D eigenvalue weighted by Gasteiger charge is 2.12. The second-order valence-corrected chi connectivity index (χ2v) is 5.35. The maximum absolute atomic E-state index is 11.9. The lowest BCUT2D eigenvalue weighted by molar-refractivity contribution is 0.102. The van der Waals surface area contributed by atoms with Crippen molar-refractivity contribution in [2.24, 2.45) is 0 Å². The van der Waals surface area contributed by atoms with Gasteiger partial charge in [-0.1, -0.05) is 11.6 Å². The number of aromatic hydroxyl groups is 2. The first kappa shape index (κ1) is 13.8. The molecule has 2 rings (SSSR count). The molecule has 2 aromatic rings. The van der Waals surface area contributed by atoms with Gasteiger partial charge in [0.15, 0.2) is 5.78 Å². The number of thioether (sulfide) groups is 1. The van der Waals surface area contributed by atoms with Crippen molar-refractivity contribution < 1.29 is 15.0 Å². The van der Waals surface area contributed by atoms with E-state index in [-0.39, 0.29) is 28.6 Å². The predicted molar refractivity (Wildman–Crippen MR) is 76.3 cm³/mol. The number of phenols is 2. The monoisotopic (exact) mass is 294 g/mol. The first-order valence-corrected chi connectivity index (χ1v) is 6.86. The van der Waals surface area contributed by atoms with Gasteiger partial charge in [0.05, 0.1) is 11.3 Å². The lowest BCUT2D eigenvalue weighted by Crippen LogP contribution is -2.02. The van der Waals surface area contributed by atoms with E-state index in [4.69, 9.17) is 16.7 Å². The van der Waals surface area contributed by atoms with Crippen molar-refractivity contribution in [2.75, 3.05) is 5.75 Å². The van der Waals surface area contributed by atoms with Gasteiger partial charge in [0.1, 0.15) is 11.5 Å². The molecule has 0 aliphatic carbocycles. The molecule has 0 amide bonds. The largest absolute Gasteiger partial charge is 0.508 e. The van der Waals surface area contributed by atoms with Crippen LogP contribution >= 0.6 is 23.4 Å². The molecular formula is C14H11ClO3S. The second kappa shape index (κ2) is 5.99. The quantitative estimate of drug-likeness (QED) is 0.666. The molecule has 2 N–H and O–H groups in total. The summed E-state index contributed by atoms with van der Waals surface area (Å²) < 4.78 is 0. The van der Waals surface area contributed by atoms with Gasteiger partial charge in [-0.15, -0.1) is 11.8 Å². The molecule has 3 nitrogen and oxygen atoms in total. The zero-order chi connectivity index (χ0) is 13.8. The van der Waals surface area contributed by atoms with Crippen LogP contribution in [0.1, 0.15) is 10.4 Å². The molecule has 0 fully saturated rings. The number of hydrogen-bond acceptors (Lipinski definition) is 4. The van der Waals surface area contributed by atoms with Gasteiger partial charge >= 0.3 is 0 Å². The Morgan fingerprint density at radius 3 is 2.42 bits per heavy atom. The van der Waals surface area contributed by atoms with Crippen LogP contribution in [0.3, 0.4) is 0 Å². The molecule has 0 unspecified atom stereocenters. The molecular weight excluding hydrogens is 284 g/mol. The van der Waals surface area contributed by atoms with Crippen molar-refractivity contribution in [3.8, 4) is 11.5 Å². The van der Waals surface area contributed by atoms with Crippen LogP contribution in [-0.4, -0.2) is 21.7 Å². The summed E-state index contributed by atoms with van der Waals surface area (Å²) >= 11 is 7.14. The topological polar surface area (TPSA) is 57.5 Å². The number of halogens is 1. The lowest BCUT2D eigenvalue weighted by atomic mass is 10.1. The number of phenolic OH excluding ortho intramolecular Hbond substituents is 2. The van der Waals surface area contributed by atoms with Crippen LogP contribution in [0.25, 0.3) is 0 Å². The Hall–Kier alpha value is -1.65. The van der Waals surface area contributed by atoms with Crippen LogP contribution in [-0.2, 0) is 0 Å². The summed E-state index contributed by atoms with van der Waals surface area (Å²) in [6, 6.07) is 11.1. The van der Waals surface area contributed by atoms with E-state index in [1.54, 1.807) is 12.1 Å². The molecule has 0 atom stereocenters. The van der Waals surface area contributed by atoms with Crippen molar-refractivity contribution in [3.05, 3.63) is 53.1 Å². The number of hydrogen-bond donors (Lipinski definition) is 2. The summed E-state index contributed by atoms with van der Waals surface area (Å²) in [4.78, 5) is 12.9. The molecule has 5 heteroatoms. The van der Waals surface area contributed by atoms with Crippen LogP contribution in [0, 0.1) is 0 Å². The van der Waals surface area contributed by atoms with E-state index in [0.717, 1.165) is 11.0 Å². The van der Waals surface area contributed by atoms with E-state index in [9.17, 15) is 9.90 Å². The number of ketones is 1. The van der Waals surface area contributed by atoms with Crippen LogP contribution in [0.15, 0.2) is 47.4 Å². The van der Waals surface area contributed by atoms with Crippen molar-refractivity contribution in [1.82, 2.24) is 0 Å². The smallest absolute Gasteiger partial charge is 0.176 e. The Morgan fingerprint density at radius 1 is 1.11 bits per heavy atom. The molecule has 0 bridgehead atoms. The standard InChI is InChI=1S/C14H11ClO3S/c15-9-1-4-11(5-2-9)19-8-14(18)12-6-3-10(16)7-13(12)17/h1-7,16-17H,8H2. The molecule has 0 aromatic heterocycles. The number of Topliss-reactive ketones (excluding diaryl/α,β-unsaturated/α-hetero) is 1. The molecule has 0 saturated carbocycles. The number of benzene rings is 2. The Morgan fingerprint density at radius 2 is 1.79 bits per heavy atom. The zero-order valence-corrected chi connectivity index (χ0v) is 11.4. The SMILES string of the molecule is O=C(CSc1ccc(Cl)cc1)c1ccc(O)cc1O. The molecule has 0 aliphatic rings. The number of rotatable bonds is 4. The summed E-state index contributed by atoms with van der Waals surface area (Å²) in [7, 11) is 0. The number of carbonyl (C=O) groups is 1. The zero-order valence-electron chi connectivity index (χ0n) is 9.84. The average molecular weight is 295 g/mol. The second-order valence-electron chi connectivity index (χ2n) is 3.87. The molecule has 0 aliphatic heterocycles. The van der Waals surface area contributed by atoms with E-state index < -0.39 is 0 Å². The fourth-order valence-electron chi connectivity index (χ4n) is 1.51. The Bertz CT molecular complexity index is 596. The Labute approximate surface area is 119 Å². The highest BCUT2D eigenvalue weighted by molar-refractivity contribution is 8.00. The van der Waals surface area contributed by atoms with Crippen LogP contribution < -0.4 is 0 Å². The van der Waals surface area contributed by atoms with Crippen molar-refractivity contribution >= 4 is 29.1 Å². The fourth-order valence-corrected chi connectivity index (χ4v) is 2.42. The van der Waals surface area contributed by atoms with E-state index in [1.807, 2.05) is 12.1 Å². The number of carbonyl (C=O) groups excluding carboxylic acids is 1. The van der Waals surface area contributed by atoms with Crippen LogP contribution in [0.2, 0.25) is 5.02 Å². The van der Waals surface area contributed by atoms with Crippen LogP contribution in [0.5, 0.6) is 11.5 Å². The lowest BCUT2D eigenvalue weighted by Gasteiger charge is -2.04. The first-order valence-electron chi connectivity index (χ1n) is 5.50. The van der Waals surface area contributed by atoms with Gasteiger partial charge in [-0.25, -0.2) is 0 Å². The third kappa shape index (κ3) is 3.66. The molecule has 0 saturated heterocycles. The van der Waals surface area contributed by atoms with E-state index in [0.29, 0.717) is 5.02 Å². The molecule has 0 radical (unpaired) electrons. The molecule has 19 heavy (non-hydrogen) atoms. The maximum atomic E-state index is 11.9. The van der Waals surface area contributed by atoms with Gasteiger partial charge in [-0.3, -0.25) is 4.79 Å². The normalized spacial score (nSPS) is 10.4. The average Bonchev–Trinajstić information content (AvgIpc) is 2.37. The molecule has 0 spiro atoms. The summed E-state index contributed by atoms with van der Waals surface area (Å²) in [5, 5.41) is 19.4.